The summed E-state index contributed by atoms with van der Waals surface area (Å²) in [6.45, 7) is 1.95. The number of carboxylic acids is 1. The van der Waals surface area contributed by atoms with E-state index in [9.17, 15) is 9.90 Å². The summed E-state index contributed by atoms with van der Waals surface area (Å²) in [5, 5.41) is 9.19. The van der Waals surface area contributed by atoms with E-state index in [0.29, 0.717) is 5.56 Å². The number of benzene rings is 2. The van der Waals surface area contributed by atoms with Gasteiger partial charge in [0, 0.05) is 4.47 Å². The molecule has 0 atom stereocenters. The van der Waals surface area contributed by atoms with Crippen molar-refractivity contribution in [1.82, 2.24) is 0 Å². The van der Waals surface area contributed by atoms with Crippen LogP contribution in [0.25, 0.3) is 11.1 Å². The molecule has 0 radical (unpaired) electrons. The lowest BCUT2D eigenvalue weighted by Crippen LogP contribution is -2.00. The van der Waals surface area contributed by atoms with Crippen molar-refractivity contribution >= 4 is 21.9 Å². The van der Waals surface area contributed by atoms with E-state index < -0.39 is 5.97 Å². The molecule has 86 valence electrons. The lowest BCUT2D eigenvalue weighted by molar-refractivity contribution is 0.0698. The fraction of sp³-hybridized carbons (Fsp3) is 0.0714. The number of halogens is 1. The van der Waals surface area contributed by atoms with Crippen LogP contribution in [0.5, 0.6) is 0 Å². The van der Waals surface area contributed by atoms with Gasteiger partial charge in [-0.15, -0.1) is 0 Å². The molecule has 0 spiro atoms. The lowest BCUT2D eigenvalue weighted by atomic mass is 9.98. The number of rotatable bonds is 2. The van der Waals surface area contributed by atoms with Gasteiger partial charge in [-0.25, -0.2) is 4.79 Å². The van der Waals surface area contributed by atoms with E-state index in [1.165, 1.54) is 0 Å². The van der Waals surface area contributed by atoms with Crippen molar-refractivity contribution in [3.63, 3.8) is 0 Å². The Balaban J connectivity index is 2.70. The summed E-state index contributed by atoms with van der Waals surface area (Å²) in [5.74, 6) is -0.907. The number of hydrogen-bond donors (Lipinski definition) is 1. The van der Waals surface area contributed by atoms with Crippen molar-refractivity contribution in [2.24, 2.45) is 0 Å². The zero-order valence-electron chi connectivity index (χ0n) is 9.27. The summed E-state index contributed by atoms with van der Waals surface area (Å²) in [4.78, 5) is 11.2. The first-order valence-corrected chi connectivity index (χ1v) is 5.98. The molecule has 1 N–H and O–H groups in total. The van der Waals surface area contributed by atoms with Crippen LogP contribution in [0.3, 0.4) is 0 Å². The number of hydrogen-bond acceptors (Lipinski definition) is 1. The number of carboxylic acid groups (broad SMARTS) is 1. The fourth-order valence-electron chi connectivity index (χ4n) is 1.75. The zero-order chi connectivity index (χ0) is 12.4. The lowest BCUT2D eigenvalue weighted by Gasteiger charge is -2.09. The van der Waals surface area contributed by atoms with Gasteiger partial charge < -0.3 is 5.11 Å². The van der Waals surface area contributed by atoms with Gasteiger partial charge in [0.05, 0.1) is 5.56 Å². The molecule has 0 heterocycles. The predicted octanol–water partition coefficient (Wildman–Crippen LogP) is 4.12. The van der Waals surface area contributed by atoms with Crippen LogP contribution in [-0.2, 0) is 0 Å². The van der Waals surface area contributed by atoms with Gasteiger partial charge >= 0.3 is 5.97 Å². The molecule has 0 aliphatic rings. The summed E-state index contributed by atoms with van der Waals surface area (Å²) in [6.07, 6.45) is 0. The van der Waals surface area contributed by atoms with Gasteiger partial charge in [-0.05, 0) is 30.2 Å². The van der Waals surface area contributed by atoms with Gasteiger partial charge in [0.2, 0.25) is 0 Å². The Hall–Kier alpha value is -1.61. The molecule has 2 nitrogen and oxygen atoms in total. The van der Waals surface area contributed by atoms with Crippen LogP contribution in [-0.4, -0.2) is 11.1 Å². The highest BCUT2D eigenvalue weighted by molar-refractivity contribution is 9.10. The molecule has 0 unspecified atom stereocenters. The Morgan fingerprint density at radius 1 is 1.12 bits per heavy atom. The Morgan fingerprint density at radius 3 is 2.47 bits per heavy atom. The summed E-state index contributed by atoms with van der Waals surface area (Å²) < 4.78 is 0.896. The second-order valence-electron chi connectivity index (χ2n) is 3.83. The van der Waals surface area contributed by atoms with Crippen molar-refractivity contribution in [3.8, 4) is 11.1 Å². The minimum atomic E-state index is -0.907. The van der Waals surface area contributed by atoms with E-state index in [0.717, 1.165) is 21.2 Å². The summed E-state index contributed by atoms with van der Waals surface area (Å²) >= 11 is 3.45. The first kappa shape index (κ1) is 11.9. The molecule has 0 amide bonds. The van der Waals surface area contributed by atoms with Gasteiger partial charge in [0.1, 0.15) is 0 Å². The average molecular weight is 291 g/mol. The van der Waals surface area contributed by atoms with Gasteiger partial charge in [0.15, 0.2) is 0 Å². The van der Waals surface area contributed by atoms with Crippen molar-refractivity contribution in [2.45, 2.75) is 6.92 Å². The fourth-order valence-corrected chi connectivity index (χ4v) is 2.25. The molecule has 0 saturated carbocycles. The molecular weight excluding hydrogens is 280 g/mol. The van der Waals surface area contributed by atoms with Crippen molar-refractivity contribution in [1.29, 1.82) is 0 Å². The van der Waals surface area contributed by atoms with E-state index in [1.54, 1.807) is 6.07 Å². The zero-order valence-corrected chi connectivity index (χ0v) is 10.9. The SMILES string of the molecule is Cc1ccc(C(=O)O)c(-c2ccccc2Br)c1. The Morgan fingerprint density at radius 2 is 1.82 bits per heavy atom. The molecule has 0 bridgehead atoms. The van der Waals surface area contributed by atoms with Crippen LogP contribution in [0, 0.1) is 6.92 Å². The minimum Gasteiger partial charge on any atom is -0.478 e. The highest BCUT2D eigenvalue weighted by Crippen LogP contribution is 2.31. The smallest absolute Gasteiger partial charge is 0.336 e. The first-order chi connectivity index (χ1) is 8.09. The van der Waals surface area contributed by atoms with E-state index >= 15 is 0 Å². The van der Waals surface area contributed by atoms with E-state index in [1.807, 2.05) is 43.3 Å². The average Bonchev–Trinajstić information content (AvgIpc) is 2.29. The van der Waals surface area contributed by atoms with E-state index in [4.69, 9.17) is 0 Å². The molecule has 17 heavy (non-hydrogen) atoms. The molecule has 0 aromatic heterocycles. The Labute approximate surface area is 108 Å². The third-order valence-electron chi connectivity index (χ3n) is 2.57. The van der Waals surface area contributed by atoms with Crippen LogP contribution >= 0.6 is 15.9 Å². The van der Waals surface area contributed by atoms with Crippen molar-refractivity contribution < 1.29 is 9.90 Å². The van der Waals surface area contributed by atoms with E-state index in [2.05, 4.69) is 15.9 Å². The number of aromatic carboxylic acids is 1. The van der Waals surface area contributed by atoms with Crippen molar-refractivity contribution in [2.75, 3.05) is 0 Å². The van der Waals surface area contributed by atoms with Gasteiger partial charge in [-0.3, -0.25) is 0 Å². The Kier molecular flexibility index (Phi) is 3.29. The molecule has 2 aromatic rings. The molecule has 2 aromatic carbocycles. The first-order valence-electron chi connectivity index (χ1n) is 5.18. The van der Waals surface area contributed by atoms with Crippen LogP contribution in [0.1, 0.15) is 15.9 Å². The molecule has 2 rings (SSSR count). The van der Waals surface area contributed by atoms with Gasteiger partial charge in [0.25, 0.3) is 0 Å². The van der Waals surface area contributed by atoms with Crippen molar-refractivity contribution in [3.05, 3.63) is 58.1 Å². The summed E-state index contributed by atoms with van der Waals surface area (Å²) in [6, 6.07) is 13.0. The molecule has 3 heteroatoms. The normalized spacial score (nSPS) is 10.2. The summed E-state index contributed by atoms with van der Waals surface area (Å²) in [5.41, 5.74) is 3.00. The molecule has 0 fully saturated rings. The van der Waals surface area contributed by atoms with Crippen LogP contribution < -0.4 is 0 Å². The predicted molar refractivity (Wildman–Crippen MR) is 71.3 cm³/mol. The summed E-state index contributed by atoms with van der Waals surface area (Å²) in [7, 11) is 0. The number of aryl methyl sites for hydroxylation is 1. The second kappa shape index (κ2) is 4.72. The third kappa shape index (κ3) is 2.39. The number of carbonyl (C=O) groups is 1. The highest BCUT2D eigenvalue weighted by Gasteiger charge is 2.13. The van der Waals surface area contributed by atoms with Crippen LogP contribution in [0.4, 0.5) is 0 Å². The van der Waals surface area contributed by atoms with E-state index in [-0.39, 0.29) is 0 Å². The highest BCUT2D eigenvalue weighted by atomic mass is 79.9. The maximum absolute atomic E-state index is 11.2. The maximum atomic E-state index is 11.2. The van der Waals surface area contributed by atoms with Gasteiger partial charge in [-0.1, -0.05) is 51.8 Å². The van der Waals surface area contributed by atoms with Crippen LogP contribution in [0.2, 0.25) is 0 Å². The van der Waals surface area contributed by atoms with Crippen LogP contribution in [0.15, 0.2) is 46.9 Å². The molecule has 0 aliphatic carbocycles. The maximum Gasteiger partial charge on any atom is 0.336 e. The quantitative estimate of drug-likeness (QED) is 0.903. The van der Waals surface area contributed by atoms with Gasteiger partial charge in [-0.2, -0.15) is 0 Å². The largest absolute Gasteiger partial charge is 0.478 e. The second-order valence-corrected chi connectivity index (χ2v) is 4.69. The third-order valence-corrected chi connectivity index (χ3v) is 3.26. The molecule has 0 aliphatic heterocycles. The topological polar surface area (TPSA) is 37.3 Å². The minimum absolute atomic E-state index is 0.322. The monoisotopic (exact) mass is 290 g/mol. The standard InChI is InChI=1S/C14H11BrO2/c1-9-6-7-11(14(16)17)12(8-9)10-4-2-3-5-13(10)15/h2-8H,1H3,(H,16,17). The molecular formula is C14H11BrO2. The molecule has 0 saturated heterocycles. The Bertz CT molecular complexity index is 576.